The Morgan fingerprint density at radius 1 is 1.28 bits per heavy atom. The molecule has 3 heterocycles. The van der Waals surface area contributed by atoms with Gasteiger partial charge in [0, 0.05) is 37.2 Å². The van der Waals surface area contributed by atoms with Crippen LogP contribution in [-0.2, 0) is 17.8 Å². The first kappa shape index (κ1) is 15.7. The number of carbonyl (C=O) groups excluding carboxylic acids is 1. The lowest BCUT2D eigenvalue weighted by Crippen LogP contribution is -2.17. The van der Waals surface area contributed by atoms with Crippen molar-refractivity contribution in [2.45, 2.75) is 25.8 Å². The van der Waals surface area contributed by atoms with Gasteiger partial charge in [-0.25, -0.2) is 4.98 Å². The average Bonchev–Trinajstić information content (AvgIpc) is 3.16. The average molecular weight is 335 g/mol. The number of methoxy groups -OCH3 is 1. The fraction of sp³-hybridized carbons (Fsp3) is 0.300. The van der Waals surface area contributed by atoms with E-state index in [4.69, 9.17) is 9.72 Å². The van der Waals surface area contributed by atoms with Gasteiger partial charge in [-0.3, -0.25) is 4.79 Å². The molecule has 0 saturated heterocycles. The molecule has 0 fully saturated rings. The lowest BCUT2D eigenvalue weighted by molar-refractivity contribution is -0.120. The Morgan fingerprint density at radius 2 is 2.12 bits per heavy atom. The predicted molar refractivity (Wildman–Crippen MR) is 97.8 cm³/mol. The van der Waals surface area contributed by atoms with Crippen molar-refractivity contribution in [2.75, 3.05) is 14.2 Å². The van der Waals surface area contributed by atoms with Crippen molar-refractivity contribution < 1.29 is 9.53 Å². The van der Waals surface area contributed by atoms with Crippen molar-refractivity contribution in [1.82, 2.24) is 14.9 Å². The molecular formula is C20H21N3O2. The number of aromatic nitrogens is 2. The number of amides is 1. The van der Waals surface area contributed by atoms with Crippen molar-refractivity contribution in [3.8, 4) is 17.1 Å². The molecule has 0 spiro atoms. The molecule has 25 heavy (non-hydrogen) atoms. The fourth-order valence-electron chi connectivity index (χ4n) is 3.70. The van der Waals surface area contributed by atoms with E-state index >= 15 is 0 Å². The second-order valence-electron chi connectivity index (χ2n) is 6.32. The highest BCUT2D eigenvalue weighted by Crippen LogP contribution is 2.41. The van der Waals surface area contributed by atoms with Crippen molar-refractivity contribution in [3.63, 3.8) is 0 Å². The lowest BCUT2D eigenvalue weighted by atomic mass is 10.0. The van der Waals surface area contributed by atoms with E-state index in [0.717, 1.165) is 30.4 Å². The number of fused-ring (bicyclic) bond motifs is 5. The summed E-state index contributed by atoms with van der Waals surface area (Å²) in [5.41, 5.74) is 7.17. The minimum absolute atomic E-state index is 0.0751. The van der Waals surface area contributed by atoms with Gasteiger partial charge in [0.05, 0.1) is 23.8 Å². The van der Waals surface area contributed by atoms with Gasteiger partial charge in [0.15, 0.2) is 0 Å². The summed E-state index contributed by atoms with van der Waals surface area (Å²) in [5, 5.41) is 2.69. The summed E-state index contributed by atoms with van der Waals surface area (Å²) in [6.45, 7) is 0.867. The summed E-state index contributed by atoms with van der Waals surface area (Å²) < 4.78 is 7.66. The van der Waals surface area contributed by atoms with E-state index < -0.39 is 0 Å². The fourth-order valence-corrected chi connectivity index (χ4v) is 3.70. The maximum Gasteiger partial charge on any atom is 0.219 e. The third-order valence-corrected chi connectivity index (χ3v) is 4.90. The van der Waals surface area contributed by atoms with E-state index in [1.54, 1.807) is 14.2 Å². The molecule has 0 aliphatic carbocycles. The Balaban J connectivity index is 1.83. The smallest absolute Gasteiger partial charge is 0.219 e. The molecule has 1 N–H and O–H groups in total. The molecule has 3 aromatic rings. The quantitative estimate of drug-likeness (QED) is 0.609. The van der Waals surface area contributed by atoms with Gasteiger partial charge in [-0.05, 0) is 24.5 Å². The highest BCUT2D eigenvalue weighted by molar-refractivity contribution is 5.92. The number of hydrogen-bond acceptors (Lipinski definition) is 3. The molecule has 5 nitrogen and oxygen atoms in total. The van der Waals surface area contributed by atoms with Gasteiger partial charge in [-0.2, -0.15) is 0 Å². The molecule has 0 saturated carbocycles. The normalized spacial score (nSPS) is 12.1. The number of hydrogen-bond donors (Lipinski definition) is 1. The van der Waals surface area contributed by atoms with Crippen LogP contribution in [0.5, 0.6) is 5.88 Å². The Bertz CT molecular complexity index is 959. The van der Waals surface area contributed by atoms with Crippen LogP contribution in [0, 0.1) is 0 Å². The van der Waals surface area contributed by atoms with Crippen LogP contribution in [0.2, 0.25) is 0 Å². The van der Waals surface area contributed by atoms with Crippen LogP contribution < -0.4 is 10.1 Å². The zero-order valence-electron chi connectivity index (χ0n) is 14.5. The molecule has 1 amide bonds. The number of carbonyl (C=O) groups is 1. The third kappa shape index (κ3) is 2.56. The standard InChI is InChI=1S/C20H21N3O2/c1-21-17(24)9-5-8-15-19-16(10-11-18(22-19)25-2)23-12-13-6-3-4-7-14(13)20(15)23/h3-4,6-7,10-11H,5,8-9,12H2,1-2H3,(H,21,24). The van der Waals surface area contributed by atoms with Crippen molar-refractivity contribution >= 4 is 16.9 Å². The molecule has 0 atom stereocenters. The van der Waals surface area contributed by atoms with Crippen molar-refractivity contribution in [1.29, 1.82) is 0 Å². The molecule has 2 aromatic heterocycles. The number of pyridine rings is 1. The first-order chi connectivity index (χ1) is 12.2. The molecule has 1 aromatic carbocycles. The number of nitrogens with one attached hydrogen (secondary N) is 1. The summed E-state index contributed by atoms with van der Waals surface area (Å²) in [4.78, 5) is 16.3. The molecule has 0 bridgehead atoms. The van der Waals surface area contributed by atoms with Crippen molar-refractivity contribution in [3.05, 3.63) is 47.5 Å². The van der Waals surface area contributed by atoms with Gasteiger partial charge in [0.2, 0.25) is 11.8 Å². The minimum atomic E-state index is 0.0751. The lowest BCUT2D eigenvalue weighted by Gasteiger charge is -2.05. The molecule has 4 rings (SSSR count). The predicted octanol–water partition coefficient (Wildman–Crippen LogP) is 3.14. The Hall–Kier alpha value is -2.82. The minimum Gasteiger partial charge on any atom is -0.481 e. The molecule has 5 heteroatoms. The van der Waals surface area contributed by atoms with Crippen LogP contribution in [-0.4, -0.2) is 29.6 Å². The number of ether oxygens (including phenoxy) is 1. The zero-order valence-corrected chi connectivity index (χ0v) is 14.5. The molecule has 1 aliphatic heterocycles. The van der Waals surface area contributed by atoms with E-state index in [9.17, 15) is 4.79 Å². The van der Waals surface area contributed by atoms with Crippen LogP contribution in [0.4, 0.5) is 0 Å². The van der Waals surface area contributed by atoms with Gasteiger partial charge in [-0.1, -0.05) is 24.3 Å². The highest BCUT2D eigenvalue weighted by Gasteiger charge is 2.26. The molecule has 0 radical (unpaired) electrons. The van der Waals surface area contributed by atoms with Gasteiger partial charge >= 0.3 is 0 Å². The van der Waals surface area contributed by atoms with Crippen LogP contribution in [0.25, 0.3) is 22.3 Å². The first-order valence-electron chi connectivity index (χ1n) is 8.58. The summed E-state index contributed by atoms with van der Waals surface area (Å²) in [6, 6.07) is 12.5. The molecular weight excluding hydrogens is 314 g/mol. The van der Waals surface area contributed by atoms with E-state index in [1.165, 1.54) is 22.4 Å². The summed E-state index contributed by atoms with van der Waals surface area (Å²) in [6.07, 6.45) is 2.14. The second kappa shape index (κ2) is 6.24. The SMILES string of the molecule is CNC(=O)CCCc1c2n(c3ccc(OC)nc13)Cc1ccccc1-2. The first-order valence-corrected chi connectivity index (χ1v) is 8.58. The van der Waals surface area contributed by atoms with Crippen molar-refractivity contribution in [2.24, 2.45) is 0 Å². The number of benzene rings is 1. The van der Waals surface area contributed by atoms with Crippen LogP contribution >= 0.6 is 0 Å². The van der Waals surface area contributed by atoms with Crippen LogP contribution in [0.1, 0.15) is 24.0 Å². The van der Waals surface area contributed by atoms with Crippen LogP contribution in [0.15, 0.2) is 36.4 Å². The summed E-state index contributed by atoms with van der Waals surface area (Å²) >= 11 is 0. The number of rotatable bonds is 5. The number of nitrogens with zero attached hydrogens (tertiary/aromatic N) is 2. The molecule has 1 aliphatic rings. The van der Waals surface area contributed by atoms with Gasteiger partial charge in [0.25, 0.3) is 0 Å². The molecule has 128 valence electrons. The highest BCUT2D eigenvalue weighted by atomic mass is 16.5. The Kier molecular flexibility index (Phi) is 3.92. The van der Waals surface area contributed by atoms with E-state index in [0.29, 0.717) is 12.3 Å². The third-order valence-electron chi connectivity index (χ3n) is 4.90. The van der Waals surface area contributed by atoms with Crippen LogP contribution in [0.3, 0.4) is 0 Å². The zero-order chi connectivity index (χ0) is 17.4. The second-order valence-corrected chi connectivity index (χ2v) is 6.32. The summed E-state index contributed by atoms with van der Waals surface area (Å²) in [7, 11) is 3.31. The van der Waals surface area contributed by atoms with E-state index in [2.05, 4.69) is 40.2 Å². The largest absolute Gasteiger partial charge is 0.481 e. The topological polar surface area (TPSA) is 56.2 Å². The van der Waals surface area contributed by atoms with Gasteiger partial charge in [-0.15, -0.1) is 0 Å². The molecule has 0 unspecified atom stereocenters. The maximum absolute atomic E-state index is 11.6. The number of aryl methyl sites for hydroxylation is 1. The Labute approximate surface area is 146 Å². The van der Waals surface area contributed by atoms with E-state index in [1.807, 2.05) is 6.07 Å². The monoisotopic (exact) mass is 335 g/mol. The van der Waals surface area contributed by atoms with E-state index in [-0.39, 0.29) is 5.91 Å². The maximum atomic E-state index is 11.6. The van der Waals surface area contributed by atoms with Gasteiger partial charge < -0.3 is 14.6 Å². The Morgan fingerprint density at radius 3 is 2.92 bits per heavy atom. The van der Waals surface area contributed by atoms with Gasteiger partial charge in [0.1, 0.15) is 0 Å². The summed E-state index contributed by atoms with van der Waals surface area (Å²) in [5.74, 6) is 0.698.